The number of likely N-dealkylation sites (tertiary alicyclic amines) is 1. The van der Waals surface area contributed by atoms with Gasteiger partial charge in [0.25, 0.3) is 0 Å². The van der Waals surface area contributed by atoms with E-state index in [4.69, 9.17) is 0 Å². The van der Waals surface area contributed by atoms with Gasteiger partial charge in [-0.1, -0.05) is 11.3 Å². The fourth-order valence-corrected chi connectivity index (χ4v) is 4.06. The number of urea groups is 1. The van der Waals surface area contributed by atoms with Gasteiger partial charge in [-0.2, -0.15) is 0 Å². The van der Waals surface area contributed by atoms with Gasteiger partial charge >= 0.3 is 6.03 Å². The van der Waals surface area contributed by atoms with Gasteiger partial charge in [-0.3, -0.25) is 10.3 Å². The molecule has 3 aromatic rings. The third kappa shape index (κ3) is 3.95. The third-order valence-corrected chi connectivity index (χ3v) is 5.93. The number of piperidine rings is 1. The second-order valence-electron chi connectivity index (χ2n) is 7.22. The number of aromatic nitrogens is 4. The van der Waals surface area contributed by atoms with Crippen LogP contribution in [-0.2, 0) is 0 Å². The summed E-state index contributed by atoms with van der Waals surface area (Å²) in [5, 5.41) is 14.7. The molecule has 1 aliphatic heterocycles. The number of amides is 2. The number of fused-ring (bicyclic) bond motifs is 1. The Morgan fingerprint density at radius 2 is 1.89 bits per heavy atom. The van der Waals surface area contributed by atoms with Crippen LogP contribution in [0.1, 0.15) is 17.8 Å². The van der Waals surface area contributed by atoms with Crippen molar-refractivity contribution >= 4 is 34.0 Å². The minimum Gasteiger partial charge on any atom is -0.324 e. The number of carbonyl (C=O) groups is 1. The van der Waals surface area contributed by atoms with E-state index >= 15 is 0 Å². The standard InChI is InChI=1S/C19H23N7OS/c1-12-23-24-18(28-12)16-8-13-9-17(21-11-14(13)10-20-16)22-19(27)26-6-4-15(5-7-26)25(2)3/h8-11,15H,4-7H2,1-3H3,(H,21,22,27). The van der Waals surface area contributed by atoms with E-state index < -0.39 is 0 Å². The molecule has 4 rings (SSSR count). The van der Waals surface area contributed by atoms with Crippen molar-refractivity contribution in [2.45, 2.75) is 25.8 Å². The lowest BCUT2D eigenvalue weighted by atomic mass is 10.0. The van der Waals surface area contributed by atoms with Crippen LogP contribution >= 0.6 is 11.3 Å². The molecule has 0 unspecified atom stereocenters. The number of carbonyl (C=O) groups excluding carboxylic acids is 1. The third-order valence-electron chi connectivity index (χ3n) is 5.07. The Kier molecular flexibility index (Phi) is 5.19. The van der Waals surface area contributed by atoms with Crippen molar-refractivity contribution < 1.29 is 4.79 Å². The number of pyridine rings is 2. The van der Waals surface area contributed by atoms with E-state index in [1.807, 2.05) is 24.0 Å². The summed E-state index contributed by atoms with van der Waals surface area (Å²) < 4.78 is 0. The maximum absolute atomic E-state index is 12.6. The molecule has 1 saturated heterocycles. The highest BCUT2D eigenvalue weighted by Gasteiger charge is 2.24. The molecule has 2 amide bonds. The molecule has 0 atom stereocenters. The Morgan fingerprint density at radius 3 is 2.57 bits per heavy atom. The minimum absolute atomic E-state index is 0.0990. The van der Waals surface area contributed by atoms with Crippen LogP contribution in [0.25, 0.3) is 21.5 Å². The first kappa shape index (κ1) is 18.7. The number of nitrogens with zero attached hydrogens (tertiary/aromatic N) is 6. The number of nitrogens with one attached hydrogen (secondary N) is 1. The molecule has 0 spiro atoms. The van der Waals surface area contributed by atoms with Crippen molar-refractivity contribution in [3.05, 3.63) is 29.5 Å². The fourth-order valence-electron chi connectivity index (χ4n) is 3.40. The Hall–Kier alpha value is -2.65. The molecule has 146 valence electrons. The Balaban J connectivity index is 1.49. The molecule has 4 heterocycles. The monoisotopic (exact) mass is 397 g/mol. The number of rotatable bonds is 3. The largest absolute Gasteiger partial charge is 0.324 e. The first-order valence-corrected chi connectivity index (χ1v) is 10.1. The highest BCUT2D eigenvalue weighted by Crippen LogP contribution is 2.25. The highest BCUT2D eigenvalue weighted by molar-refractivity contribution is 7.14. The number of hydrogen-bond acceptors (Lipinski definition) is 7. The van der Waals surface area contributed by atoms with Crippen LogP contribution in [0.5, 0.6) is 0 Å². The maximum atomic E-state index is 12.6. The normalized spacial score (nSPS) is 15.4. The average Bonchev–Trinajstić information content (AvgIpc) is 3.14. The second-order valence-corrected chi connectivity index (χ2v) is 8.41. The van der Waals surface area contributed by atoms with Gasteiger partial charge in [0.05, 0.1) is 0 Å². The van der Waals surface area contributed by atoms with Crippen LogP contribution in [0, 0.1) is 6.92 Å². The molecule has 9 heteroatoms. The smallest absolute Gasteiger partial charge is 0.323 e. The molecule has 0 bridgehead atoms. The topological polar surface area (TPSA) is 87.1 Å². The predicted molar refractivity (Wildman–Crippen MR) is 110 cm³/mol. The van der Waals surface area contributed by atoms with Gasteiger partial charge in [-0.15, -0.1) is 10.2 Å². The molecule has 1 aliphatic rings. The highest BCUT2D eigenvalue weighted by atomic mass is 32.1. The average molecular weight is 398 g/mol. The number of hydrogen-bond donors (Lipinski definition) is 1. The molecular formula is C19H23N7OS. The van der Waals surface area contributed by atoms with Crippen LogP contribution in [-0.4, -0.2) is 69.2 Å². The van der Waals surface area contributed by atoms with E-state index in [-0.39, 0.29) is 6.03 Å². The van der Waals surface area contributed by atoms with E-state index in [1.54, 1.807) is 12.4 Å². The van der Waals surface area contributed by atoms with Gasteiger partial charge in [0, 0.05) is 36.9 Å². The summed E-state index contributed by atoms with van der Waals surface area (Å²) in [6, 6.07) is 4.27. The molecule has 0 radical (unpaired) electrons. The molecule has 1 N–H and O–H groups in total. The van der Waals surface area contributed by atoms with Gasteiger partial charge in [0.15, 0.2) is 5.01 Å². The lowest BCUT2D eigenvalue weighted by Crippen LogP contribution is -2.46. The summed E-state index contributed by atoms with van der Waals surface area (Å²) in [5.41, 5.74) is 0.771. The summed E-state index contributed by atoms with van der Waals surface area (Å²) in [4.78, 5) is 25.5. The van der Waals surface area contributed by atoms with Crippen LogP contribution in [0.3, 0.4) is 0 Å². The lowest BCUT2D eigenvalue weighted by molar-refractivity contribution is 0.156. The molecule has 3 aromatic heterocycles. The van der Waals surface area contributed by atoms with Crippen molar-refractivity contribution in [1.29, 1.82) is 0 Å². The van der Waals surface area contributed by atoms with E-state index in [9.17, 15) is 4.79 Å². The Morgan fingerprint density at radius 1 is 1.14 bits per heavy atom. The van der Waals surface area contributed by atoms with Crippen LogP contribution < -0.4 is 5.32 Å². The molecular weight excluding hydrogens is 374 g/mol. The quantitative estimate of drug-likeness (QED) is 0.731. The fraction of sp³-hybridized carbons (Fsp3) is 0.421. The van der Waals surface area contributed by atoms with Crippen molar-refractivity contribution in [3.8, 4) is 10.7 Å². The van der Waals surface area contributed by atoms with E-state index in [2.05, 4.69) is 44.5 Å². The van der Waals surface area contributed by atoms with Gasteiger partial charge in [0.2, 0.25) is 0 Å². The van der Waals surface area contributed by atoms with Gasteiger partial charge in [-0.05, 0) is 51.4 Å². The van der Waals surface area contributed by atoms with Crippen molar-refractivity contribution in [2.75, 3.05) is 32.5 Å². The second kappa shape index (κ2) is 7.76. The molecule has 28 heavy (non-hydrogen) atoms. The Labute approximate surface area is 167 Å². The maximum Gasteiger partial charge on any atom is 0.323 e. The Bertz CT molecular complexity index is 995. The van der Waals surface area contributed by atoms with Gasteiger partial charge in [-0.25, -0.2) is 9.78 Å². The van der Waals surface area contributed by atoms with Crippen molar-refractivity contribution in [3.63, 3.8) is 0 Å². The summed E-state index contributed by atoms with van der Waals surface area (Å²) in [6.07, 6.45) is 5.47. The first-order chi connectivity index (χ1) is 13.5. The van der Waals surface area contributed by atoms with E-state index in [0.717, 1.165) is 52.4 Å². The zero-order chi connectivity index (χ0) is 19.7. The molecule has 1 fully saturated rings. The zero-order valence-electron chi connectivity index (χ0n) is 16.2. The molecule has 0 aromatic carbocycles. The van der Waals surface area contributed by atoms with Gasteiger partial charge in [0.1, 0.15) is 16.5 Å². The number of aryl methyl sites for hydroxylation is 1. The predicted octanol–water partition coefficient (Wildman–Crippen LogP) is 3.01. The molecule has 8 nitrogen and oxygen atoms in total. The summed E-state index contributed by atoms with van der Waals surface area (Å²) in [7, 11) is 4.18. The zero-order valence-corrected chi connectivity index (χ0v) is 17.0. The van der Waals surface area contributed by atoms with E-state index in [1.165, 1.54) is 11.3 Å². The summed E-state index contributed by atoms with van der Waals surface area (Å²) in [5.74, 6) is 0.540. The van der Waals surface area contributed by atoms with E-state index in [0.29, 0.717) is 11.9 Å². The van der Waals surface area contributed by atoms with Crippen LogP contribution in [0.15, 0.2) is 24.5 Å². The SMILES string of the molecule is Cc1nnc(-c2cc3cc(NC(=O)N4CCC(N(C)C)CC4)ncc3cn2)s1. The van der Waals surface area contributed by atoms with Gasteiger partial charge < -0.3 is 9.80 Å². The van der Waals surface area contributed by atoms with Crippen molar-refractivity contribution in [2.24, 2.45) is 0 Å². The lowest BCUT2D eigenvalue weighted by Gasteiger charge is -2.35. The number of anilines is 1. The summed E-state index contributed by atoms with van der Waals surface area (Å²) >= 11 is 1.50. The van der Waals surface area contributed by atoms with Crippen LogP contribution in [0.2, 0.25) is 0 Å². The van der Waals surface area contributed by atoms with Crippen molar-refractivity contribution in [1.82, 2.24) is 30.0 Å². The first-order valence-electron chi connectivity index (χ1n) is 9.28. The van der Waals surface area contributed by atoms with Crippen LogP contribution in [0.4, 0.5) is 10.6 Å². The molecule has 0 aliphatic carbocycles. The molecule has 0 saturated carbocycles. The summed E-state index contributed by atoms with van der Waals surface area (Å²) in [6.45, 7) is 3.43. The minimum atomic E-state index is -0.0990.